The number of rotatable bonds is 10. The summed E-state index contributed by atoms with van der Waals surface area (Å²) in [4.78, 5) is 49.0. The maximum atomic E-state index is 13.1. The van der Waals surface area contributed by atoms with E-state index in [1.54, 1.807) is 63.5 Å². The minimum absolute atomic E-state index is 0.0130. The first-order chi connectivity index (χ1) is 20.1. The van der Waals surface area contributed by atoms with Gasteiger partial charge in [-0.05, 0) is 54.2 Å². The molecule has 1 saturated heterocycles. The van der Waals surface area contributed by atoms with Crippen molar-refractivity contribution in [1.82, 2.24) is 20.6 Å². The number of alkyl carbamates (subject to hydrolysis) is 1. The molecule has 0 unspecified atom stereocenters. The molecule has 1 aliphatic heterocycles. The number of carboxylic acid groups (broad SMARTS) is 1. The fraction of sp³-hybridized carbons (Fsp3) is 0.387. The third-order valence-corrected chi connectivity index (χ3v) is 7.58. The summed E-state index contributed by atoms with van der Waals surface area (Å²) in [7, 11) is 0. The van der Waals surface area contributed by atoms with Gasteiger partial charge in [-0.3, -0.25) is 4.79 Å². The molecule has 0 bridgehead atoms. The standard InChI is InChI=1S/C31H38N6O5/c1-30(2,3)31(27(39)40,36-29(41)42-20-22-8-5-4-6-9-22)21-34-26(38)23-10-12-25(13-11-23)37-18-14-24(15-19-37)35-28-32-16-7-17-33-28/h4-13,16-17,24H,14-15,18-21H2,1-3H3,(H,34,38)(H,36,41)(H,39,40)(H,32,33,35)/t31-/m0/s1. The Hall–Kier alpha value is -4.67. The van der Waals surface area contributed by atoms with Crippen molar-refractivity contribution < 1.29 is 24.2 Å². The van der Waals surface area contributed by atoms with Crippen molar-refractivity contribution in [3.05, 3.63) is 84.2 Å². The number of nitrogens with one attached hydrogen (secondary N) is 3. The van der Waals surface area contributed by atoms with E-state index in [2.05, 4.69) is 30.8 Å². The van der Waals surface area contributed by atoms with E-state index in [0.717, 1.165) is 37.2 Å². The number of nitrogens with zero attached hydrogens (tertiary/aromatic N) is 3. The Morgan fingerprint density at radius 3 is 2.19 bits per heavy atom. The van der Waals surface area contributed by atoms with Crippen LogP contribution in [0, 0.1) is 5.41 Å². The van der Waals surface area contributed by atoms with E-state index in [9.17, 15) is 19.5 Å². The minimum Gasteiger partial charge on any atom is -0.479 e. The van der Waals surface area contributed by atoms with Crippen LogP contribution in [0.2, 0.25) is 0 Å². The summed E-state index contributed by atoms with van der Waals surface area (Å²) in [6, 6.07) is 18.4. The average molecular weight is 575 g/mol. The van der Waals surface area contributed by atoms with E-state index >= 15 is 0 Å². The molecule has 2 heterocycles. The Morgan fingerprint density at radius 1 is 0.952 bits per heavy atom. The number of anilines is 2. The summed E-state index contributed by atoms with van der Waals surface area (Å²) in [5.74, 6) is -1.09. The van der Waals surface area contributed by atoms with Crippen LogP contribution in [-0.4, -0.2) is 64.3 Å². The first kappa shape index (κ1) is 30.3. The van der Waals surface area contributed by atoms with Gasteiger partial charge < -0.3 is 30.7 Å². The highest BCUT2D eigenvalue weighted by Gasteiger charge is 2.51. The van der Waals surface area contributed by atoms with Gasteiger partial charge in [-0.25, -0.2) is 19.6 Å². The van der Waals surface area contributed by atoms with Crippen molar-refractivity contribution in [2.45, 2.75) is 51.8 Å². The second-order valence-electron chi connectivity index (χ2n) is 11.4. The van der Waals surface area contributed by atoms with Crippen LogP contribution in [-0.2, 0) is 16.1 Å². The topological polar surface area (TPSA) is 146 Å². The first-order valence-corrected chi connectivity index (χ1v) is 14.0. The van der Waals surface area contributed by atoms with Crippen LogP contribution in [0.5, 0.6) is 0 Å². The number of benzene rings is 2. The van der Waals surface area contributed by atoms with Gasteiger partial charge in [-0.1, -0.05) is 51.1 Å². The number of aromatic nitrogens is 2. The summed E-state index contributed by atoms with van der Waals surface area (Å²) < 4.78 is 5.29. The second-order valence-corrected chi connectivity index (χ2v) is 11.4. The fourth-order valence-electron chi connectivity index (χ4n) is 4.86. The molecule has 0 spiro atoms. The Bertz CT molecular complexity index is 1340. The molecule has 2 aromatic carbocycles. The number of piperidine rings is 1. The van der Waals surface area contributed by atoms with E-state index in [-0.39, 0.29) is 19.2 Å². The predicted octanol–water partition coefficient (Wildman–Crippen LogP) is 4.08. The number of amides is 2. The Kier molecular flexibility index (Phi) is 9.61. The summed E-state index contributed by atoms with van der Waals surface area (Å²) >= 11 is 0. The van der Waals surface area contributed by atoms with Gasteiger partial charge in [0.25, 0.3) is 5.91 Å². The van der Waals surface area contributed by atoms with E-state index in [0.29, 0.717) is 11.5 Å². The predicted molar refractivity (Wildman–Crippen MR) is 159 cm³/mol. The van der Waals surface area contributed by atoms with Crippen LogP contribution in [0.1, 0.15) is 49.5 Å². The molecule has 0 aliphatic carbocycles. The van der Waals surface area contributed by atoms with Gasteiger partial charge in [0.2, 0.25) is 5.95 Å². The lowest BCUT2D eigenvalue weighted by Crippen LogP contribution is -2.67. The highest BCUT2D eigenvalue weighted by molar-refractivity contribution is 5.95. The number of carboxylic acids is 1. The molecule has 1 fully saturated rings. The van der Waals surface area contributed by atoms with Gasteiger partial charge in [0, 0.05) is 42.8 Å². The molecule has 3 aromatic rings. The molecule has 1 aromatic heterocycles. The van der Waals surface area contributed by atoms with E-state index in [1.807, 2.05) is 30.3 Å². The fourth-order valence-corrected chi connectivity index (χ4v) is 4.86. The number of carbonyl (C=O) groups excluding carboxylic acids is 2. The molecule has 1 aliphatic rings. The summed E-state index contributed by atoms with van der Waals surface area (Å²) in [6.45, 7) is 6.39. The molecule has 11 nitrogen and oxygen atoms in total. The lowest BCUT2D eigenvalue weighted by Gasteiger charge is -2.41. The molecular weight excluding hydrogens is 536 g/mol. The third kappa shape index (κ3) is 7.54. The van der Waals surface area contributed by atoms with Crippen molar-refractivity contribution in [3.8, 4) is 0 Å². The molecule has 0 radical (unpaired) electrons. The molecule has 1 atom stereocenters. The van der Waals surface area contributed by atoms with E-state index in [4.69, 9.17) is 4.74 Å². The zero-order chi connectivity index (χ0) is 30.2. The molecule has 222 valence electrons. The van der Waals surface area contributed by atoms with Gasteiger partial charge in [0.1, 0.15) is 6.61 Å². The third-order valence-electron chi connectivity index (χ3n) is 7.58. The Morgan fingerprint density at radius 2 is 1.60 bits per heavy atom. The second kappa shape index (κ2) is 13.3. The van der Waals surface area contributed by atoms with Crippen molar-refractivity contribution in [3.63, 3.8) is 0 Å². The van der Waals surface area contributed by atoms with Crippen LogP contribution in [0.4, 0.5) is 16.4 Å². The smallest absolute Gasteiger partial charge is 0.408 e. The van der Waals surface area contributed by atoms with Gasteiger partial charge in [-0.15, -0.1) is 0 Å². The normalized spacial score (nSPS) is 15.3. The van der Waals surface area contributed by atoms with Crippen molar-refractivity contribution in [1.29, 1.82) is 0 Å². The molecular formula is C31H38N6O5. The SMILES string of the molecule is CC(C)(C)[C@@](CNC(=O)c1ccc(N2CCC(Nc3ncccn3)CC2)cc1)(NC(=O)OCc1ccccc1)C(=O)O. The quantitative estimate of drug-likeness (QED) is 0.281. The van der Waals surface area contributed by atoms with Gasteiger partial charge in [0.05, 0.1) is 6.54 Å². The summed E-state index contributed by atoms with van der Waals surface area (Å²) in [5, 5.41) is 18.8. The molecule has 2 amide bonds. The highest BCUT2D eigenvalue weighted by Crippen LogP contribution is 2.31. The maximum Gasteiger partial charge on any atom is 0.408 e. The maximum absolute atomic E-state index is 13.1. The summed E-state index contributed by atoms with van der Waals surface area (Å²) in [6.07, 6.45) is 4.39. The zero-order valence-corrected chi connectivity index (χ0v) is 24.2. The minimum atomic E-state index is -1.82. The van der Waals surface area contributed by atoms with Crippen molar-refractivity contribution in [2.24, 2.45) is 5.41 Å². The molecule has 0 saturated carbocycles. The van der Waals surface area contributed by atoms with Crippen LogP contribution >= 0.6 is 0 Å². The number of carbonyl (C=O) groups is 3. The monoisotopic (exact) mass is 574 g/mol. The number of ether oxygens (including phenoxy) is 1. The van der Waals surface area contributed by atoms with Crippen LogP contribution in [0.15, 0.2) is 73.1 Å². The molecule has 4 rings (SSSR count). The Labute approximate surface area is 245 Å². The Balaban J connectivity index is 1.34. The van der Waals surface area contributed by atoms with Crippen LogP contribution in [0.25, 0.3) is 0 Å². The molecule has 4 N–H and O–H groups in total. The average Bonchev–Trinajstić information content (AvgIpc) is 2.99. The first-order valence-electron chi connectivity index (χ1n) is 14.0. The lowest BCUT2D eigenvalue weighted by molar-refractivity contribution is -0.149. The van der Waals surface area contributed by atoms with Gasteiger partial charge >= 0.3 is 12.1 Å². The van der Waals surface area contributed by atoms with E-state index in [1.165, 1.54) is 0 Å². The van der Waals surface area contributed by atoms with Crippen LogP contribution in [0.3, 0.4) is 0 Å². The summed E-state index contributed by atoms with van der Waals surface area (Å²) in [5.41, 5.74) is -0.631. The number of hydrogen-bond donors (Lipinski definition) is 4. The van der Waals surface area contributed by atoms with Crippen molar-refractivity contribution in [2.75, 3.05) is 29.9 Å². The lowest BCUT2D eigenvalue weighted by atomic mass is 9.73. The highest BCUT2D eigenvalue weighted by atomic mass is 16.5. The van der Waals surface area contributed by atoms with Gasteiger partial charge in [-0.2, -0.15) is 0 Å². The van der Waals surface area contributed by atoms with E-state index < -0.39 is 28.9 Å². The number of aliphatic carboxylic acids is 1. The molecule has 42 heavy (non-hydrogen) atoms. The largest absolute Gasteiger partial charge is 0.479 e. The van der Waals surface area contributed by atoms with Crippen molar-refractivity contribution >= 4 is 29.6 Å². The molecule has 11 heteroatoms. The zero-order valence-electron chi connectivity index (χ0n) is 24.2. The number of hydrogen-bond acceptors (Lipinski definition) is 8. The van der Waals surface area contributed by atoms with Gasteiger partial charge in [0.15, 0.2) is 5.54 Å². The van der Waals surface area contributed by atoms with Crippen LogP contribution < -0.4 is 20.9 Å².